The van der Waals surface area contributed by atoms with Gasteiger partial charge in [0, 0.05) is 12.1 Å². The number of rotatable bonds is 3. The minimum Gasteiger partial charge on any atom is -0.352 e. The number of amides is 1. The smallest absolute Gasteiger partial charge is 0.352 e. The first-order chi connectivity index (χ1) is 7.86. The van der Waals surface area contributed by atoms with Gasteiger partial charge in [0.1, 0.15) is 5.82 Å². The minimum atomic E-state index is -4.80. The van der Waals surface area contributed by atoms with Gasteiger partial charge in [-0.1, -0.05) is 6.92 Å². The van der Waals surface area contributed by atoms with Crippen molar-refractivity contribution in [1.82, 2.24) is 5.32 Å². The standard InChI is InChI=1S/C11H11F4NO/c1-2-5-16-10(17)7-3-4-9(12)8(6-7)11(13,14)15/h3-4,6H,2,5H2,1H3,(H,16,17). The summed E-state index contributed by atoms with van der Waals surface area (Å²) in [6.07, 6.45) is -4.13. The number of halogens is 4. The van der Waals surface area contributed by atoms with Gasteiger partial charge in [0.15, 0.2) is 0 Å². The summed E-state index contributed by atoms with van der Waals surface area (Å²) in [6, 6.07) is 2.18. The van der Waals surface area contributed by atoms with Crippen LogP contribution in [0.4, 0.5) is 17.6 Å². The SMILES string of the molecule is CCCNC(=O)c1ccc(F)c(C(F)(F)F)c1. The van der Waals surface area contributed by atoms with Crippen molar-refractivity contribution in [3.8, 4) is 0 Å². The van der Waals surface area contributed by atoms with Crippen LogP contribution in [0, 0.1) is 5.82 Å². The maximum atomic E-state index is 12.9. The highest BCUT2D eigenvalue weighted by molar-refractivity contribution is 5.94. The van der Waals surface area contributed by atoms with E-state index in [9.17, 15) is 22.4 Å². The van der Waals surface area contributed by atoms with Crippen LogP contribution in [0.25, 0.3) is 0 Å². The van der Waals surface area contributed by atoms with Crippen molar-refractivity contribution < 1.29 is 22.4 Å². The summed E-state index contributed by atoms with van der Waals surface area (Å²) in [4.78, 5) is 11.4. The van der Waals surface area contributed by atoms with Gasteiger partial charge in [-0.2, -0.15) is 13.2 Å². The molecule has 0 fully saturated rings. The van der Waals surface area contributed by atoms with Crippen LogP contribution in [-0.4, -0.2) is 12.5 Å². The number of nitrogens with one attached hydrogen (secondary N) is 1. The first-order valence-electron chi connectivity index (χ1n) is 5.01. The highest BCUT2D eigenvalue weighted by Gasteiger charge is 2.34. The zero-order chi connectivity index (χ0) is 13.1. The van der Waals surface area contributed by atoms with Crippen molar-refractivity contribution in [2.24, 2.45) is 0 Å². The molecule has 94 valence electrons. The third-order valence-electron chi connectivity index (χ3n) is 2.07. The molecule has 0 unspecified atom stereocenters. The third-order valence-corrected chi connectivity index (χ3v) is 2.07. The van der Waals surface area contributed by atoms with Crippen molar-refractivity contribution in [1.29, 1.82) is 0 Å². The predicted octanol–water partition coefficient (Wildman–Crippen LogP) is 2.98. The lowest BCUT2D eigenvalue weighted by Gasteiger charge is -2.10. The lowest BCUT2D eigenvalue weighted by molar-refractivity contribution is -0.140. The zero-order valence-corrected chi connectivity index (χ0v) is 9.07. The van der Waals surface area contributed by atoms with Crippen molar-refractivity contribution >= 4 is 5.91 Å². The molecular formula is C11H11F4NO. The Labute approximate surface area is 95.6 Å². The minimum absolute atomic E-state index is 0.202. The molecule has 0 aliphatic rings. The molecule has 1 rings (SSSR count). The summed E-state index contributed by atoms with van der Waals surface area (Å²) in [7, 11) is 0. The van der Waals surface area contributed by atoms with Crippen molar-refractivity contribution in [2.75, 3.05) is 6.54 Å². The third kappa shape index (κ3) is 3.44. The molecule has 0 aromatic heterocycles. The molecule has 0 saturated carbocycles. The maximum absolute atomic E-state index is 12.9. The second kappa shape index (κ2) is 5.16. The first kappa shape index (κ1) is 13.5. The van der Waals surface area contributed by atoms with E-state index in [-0.39, 0.29) is 5.56 Å². The average molecular weight is 249 g/mol. The Morgan fingerprint density at radius 1 is 1.35 bits per heavy atom. The van der Waals surface area contributed by atoms with E-state index in [0.717, 1.165) is 6.07 Å². The molecule has 0 aliphatic heterocycles. The zero-order valence-electron chi connectivity index (χ0n) is 9.07. The molecule has 0 atom stereocenters. The van der Waals surface area contributed by atoms with E-state index in [1.165, 1.54) is 0 Å². The van der Waals surface area contributed by atoms with E-state index >= 15 is 0 Å². The lowest BCUT2D eigenvalue weighted by Crippen LogP contribution is -2.24. The van der Waals surface area contributed by atoms with Gasteiger partial charge in [0.05, 0.1) is 5.56 Å². The van der Waals surface area contributed by atoms with Gasteiger partial charge in [0.25, 0.3) is 5.91 Å². The lowest BCUT2D eigenvalue weighted by atomic mass is 10.1. The van der Waals surface area contributed by atoms with Gasteiger partial charge < -0.3 is 5.32 Å². The number of alkyl halides is 3. The van der Waals surface area contributed by atoms with E-state index in [2.05, 4.69) is 5.32 Å². The summed E-state index contributed by atoms with van der Waals surface area (Å²) >= 11 is 0. The number of hydrogen-bond acceptors (Lipinski definition) is 1. The largest absolute Gasteiger partial charge is 0.419 e. The molecule has 17 heavy (non-hydrogen) atoms. The molecule has 0 spiro atoms. The topological polar surface area (TPSA) is 29.1 Å². The van der Waals surface area contributed by atoms with Crippen LogP contribution in [0.3, 0.4) is 0 Å². The maximum Gasteiger partial charge on any atom is 0.419 e. The molecule has 0 radical (unpaired) electrons. The van der Waals surface area contributed by atoms with E-state index in [1.54, 1.807) is 0 Å². The average Bonchev–Trinajstić information content (AvgIpc) is 2.25. The van der Waals surface area contributed by atoms with E-state index in [1.807, 2.05) is 6.92 Å². The van der Waals surface area contributed by atoms with E-state index in [0.29, 0.717) is 25.1 Å². The number of carbonyl (C=O) groups is 1. The van der Waals surface area contributed by atoms with Gasteiger partial charge in [-0.15, -0.1) is 0 Å². The predicted molar refractivity (Wildman–Crippen MR) is 54.0 cm³/mol. The van der Waals surface area contributed by atoms with Crippen LogP contribution in [-0.2, 0) is 6.18 Å². The highest BCUT2D eigenvalue weighted by atomic mass is 19.4. The normalized spacial score (nSPS) is 11.4. The summed E-state index contributed by atoms with van der Waals surface area (Å²) in [5.74, 6) is -2.03. The molecule has 0 saturated heterocycles. The monoisotopic (exact) mass is 249 g/mol. The van der Waals surface area contributed by atoms with Gasteiger partial charge in [-0.05, 0) is 24.6 Å². The van der Waals surface area contributed by atoms with Crippen molar-refractivity contribution in [3.63, 3.8) is 0 Å². The van der Waals surface area contributed by atoms with Gasteiger partial charge in [-0.3, -0.25) is 4.79 Å². The number of benzene rings is 1. The molecule has 1 amide bonds. The van der Waals surface area contributed by atoms with Crippen LogP contribution in [0.1, 0.15) is 29.3 Å². The highest BCUT2D eigenvalue weighted by Crippen LogP contribution is 2.31. The molecule has 1 aromatic rings. The fourth-order valence-electron chi connectivity index (χ4n) is 1.22. The second-order valence-electron chi connectivity index (χ2n) is 3.45. The van der Waals surface area contributed by atoms with Crippen LogP contribution in [0.15, 0.2) is 18.2 Å². The van der Waals surface area contributed by atoms with Gasteiger partial charge >= 0.3 is 6.18 Å². The fourth-order valence-corrected chi connectivity index (χ4v) is 1.22. The van der Waals surface area contributed by atoms with Gasteiger partial charge in [-0.25, -0.2) is 4.39 Å². The van der Waals surface area contributed by atoms with Crippen LogP contribution < -0.4 is 5.32 Å². The van der Waals surface area contributed by atoms with Gasteiger partial charge in [0.2, 0.25) is 0 Å². The van der Waals surface area contributed by atoms with Crippen LogP contribution in [0.5, 0.6) is 0 Å². The fraction of sp³-hybridized carbons (Fsp3) is 0.364. The first-order valence-corrected chi connectivity index (χ1v) is 5.01. The van der Waals surface area contributed by atoms with Crippen molar-refractivity contribution in [3.05, 3.63) is 35.1 Å². The van der Waals surface area contributed by atoms with Crippen molar-refractivity contribution in [2.45, 2.75) is 19.5 Å². The molecule has 0 aliphatic carbocycles. The number of hydrogen-bond donors (Lipinski definition) is 1. The summed E-state index contributed by atoms with van der Waals surface area (Å²) in [5.41, 5.74) is -1.63. The van der Waals surface area contributed by atoms with E-state index in [4.69, 9.17) is 0 Å². The quantitative estimate of drug-likeness (QED) is 0.820. The Balaban J connectivity index is 3.00. The van der Waals surface area contributed by atoms with Crippen LogP contribution >= 0.6 is 0 Å². The van der Waals surface area contributed by atoms with Crippen LogP contribution in [0.2, 0.25) is 0 Å². The Morgan fingerprint density at radius 2 is 2.00 bits per heavy atom. The molecule has 0 heterocycles. The Kier molecular flexibility index (Phi) is 4.09. The summed E-state index contributed by atoms with van der Waals surface area (Å²) < 4.78 is 50.0. The summed E-state index contributed by atoms with van der Waals surface area (Å²) in [5, 5.41) is 2.42. The Morgan fingerprint density at radius 3 is 2.53 bits per heavy atom. The molecule has 1 aromatic carbocycles. The Hall–Kier alpha value is -1.59. The molecule has 6 heteroatoms. The second-order valence-corrected chi connectivity index (χ2v) is 3.45. The summed E-state index contributed by atoms with van der Waals surface area (Å²) in [6.45, 7) is 2.17. The molecule has 1 N–H and O–H groups in total. The van der Waals surface area contributed by atoms with E-state index < -0.39 is 23.5 Å². The Bertz CT molecular complexity index is 414. The molecule has 0 bridgehead atoms. The molecular weight excluding hydrogens is 238 g/mol. The molecule has 2 nitrogen and oxygen atoms in total. The number of carbonyl (C=O) groups excluding carboxylic acids is 1.